The zero-order valence-electron chi connectivity index (χ0n) is 7.75. The van der Waals surface area contributed by atoms with E-state index in [0.717, 1.165) is 16.5 Å². The smallest absolute Gasteiger partial charge is 0.216 e. The van der Waals surface area contributed by atoms with Crippen LogP contribution in [0.25, 0.3) is 0 Å². The quantitative estimate of drug-likeness (QED) is 0.882. The molecule has 0 unspecified atom stereocenters. The first-order valence-corrected chi connectivity index (χ1v) is 4.86. The third-order valence-electron chi connectivity index (χ3n) is 1.63. The lowest BCUT2D eigenvalue weighted by Gasteiger charge is -2.09. The maximum Gasteiger partial charge on any atom is 0.216 e. The number of rotatable bonds is 3. The zero-order chi connectivity index (χ0) is 9.84. The molecule has 72 valence electrons. The van der Waals surface area contributed by atoms with Gasteiger partial charge < -0.3 is 10.5 Å². The highest BCUT2D eigenvalue weighted by molar-refractivity contribution is 9.10. The summed E-state index contributed by atoms with van der Waals surface area (Å²) < 4.78 is 6.06. The zero-order valence-corrected chi connectivity index (χ0v) is 9.34. The number of halogens is 1. The normalized spacial score (nSPS) is 12.6. The molecule has 1 heterocycles. The summed E-state index contributed by atoms with van der Waals surface area (Å²) in [6, 6.07) is 2.10. The van der Waals surface area contributed by atoms with E-state index in [9.17, 15) is 0 Å². The molecule has 0 radical (unpaired) electrons. The molecule has 0 saturated heterocycles. The molecule has 1 rings (SSSR count). The number of ether oxygens (including phenoxy) is 1. The number of hydrogen-bond donors (Lipinski definition) is 1. The second-order valence-corrected chi connectivity index (χ2v) is 3.92. The van der Waals surface area contributed by atoms with Gasteiger partial charge in [-0.25, -0.2) is 4.98 Å². The highest BCUT2D eigenvalue weighted by Gasteiger charge is 2.06. The van der Waals surface area contributed by atoms with Gasteiger partial charge >= 0.3 is 0 Å². The first-order chi connectivity index (χ1) is 6.13. The van der Waals surface area contributed by atoms with Crippen molar-refractivity contribution in [2.75, 3.05) is 7.11 Å². The van der Waals surface area contributed by atoms with Crippen LogP contribution in [-0.4, -0.2) is 18.1 Å². The Morgan fingerprint density at radius 3 is 2.92 bits per heavy atom. The third-order valence-corrected chi connectivity index (χ3v) is 2.06. The van der Waals surface area contributed by atoms with Crippen LogP contribution >= 0.6 is 15.9 Å². The molecule has 0 saturated carbocycles. The Morgan fingerprint density at radius 2 is 2.38 bits per heavy atom. The van der Waals surface area contributed by atoms with Crippen LogP contribution in [0.15, 0.2) is 16.7 Å². The van der Waals surface area contributed by atoms with Gasteiger partial charge in [0.05, 0.1) is 7.11 Å². The Morgan fingerprint density at radius 1 is 1.69 bits per heavy atom. The van der Waals surface area contributed by atoms with E-state index in [1.165, 1.54) is 0 Å². The molecule has 13 heavy (non-hydrogen) atoms. The van der Waals surface area contributed by atoms with Gasteiger partial charge in [-0.15, -0.1) is 0 Å². The molecule has 4 heteroatoms. The standard InChI is InChI=1S/C9H13BrN2O/c1-6(11)3-7-4-8(10)5-12-9(7)13-2/h4-6H,3,11H2,1-2H3/t6-/m0/s1. The van der Waals surface area contributed by atoms with Crippen molar-refractivity contribution in [3.63, 3.8) is 0 Å². The summed E-state index contributed by atoms with van der Waals surface area (Å²) in [5.74, 6) is 0.653. The van der Waals surface area contributed by atoms with Crippen molar-refractivity contribution in [2.45, 2.75) is 19.4 Å². The number of pyridine rings is 1. The second kappa shape index (κ2) is 4.58. The summed E-state index contributed by atoms with van der Waals surface area (Å²) in [7, 11) is 1.61. The van der Waals surface area contributed by atoms with Crippen LogP contribution in [0.5, 0.6) is 5.88 Å². The number of hydrogen-bond acceptors (Lipinski definition) is 3. The monoisotopic (exact) mass is 244 g/mol. The first-order valence-electron chi connectivity index (χ1n) is 4.07. The number of nitrogens with zero attached hydrogens (tertiary/aromatic N) is 1. The molecule has 2 N–H and O–H groups in total. The van der Waals surface area contributed by atoms with E-state index in [-0.39, 0.29) is 6.04 Å². The second-order valence-electron chi connectivity index (χ2n) is 3.00. The average Bonchev–Trinajstić information content (AvgIpc) is 2.03. The molecule has 0 amide bonds. The highest BCUT2D eigenvalue weighted by Crippen LogP contribution is 2.20. The minimum absolute atomic E-state index is 0.116. The molecule has 0 aromatic carbocycles. The third kappa shape index (κ3) is 2.97. The molecule has 0 spiro atoms. The van der Waals surface area contributed by atoms with Crippen LogP contribution < -0.4 is 10.5 Å². The maximum atomic E-state index is 5.70. The molecule has 0 aliphatic carbocycles. The van der Waals surface area contributed by atoms with Gasteiger partial charge in [0.2, 0.25) is 5.88 Å². The maximum absolute atomic E-state index is 5.70. The van der Waals surface area contributed by atoms with Crippen LogP contribution in [0.4, 0.5) is 0 Å². The average molecular weight is 245 g/mol. The Balaban J connectivity index is 2.94. The van der Waals surface area contributed by atoms with Crippen molar-refractivity contribution in [2.24, 2.45) is 5.73 Å². The summed E-state index contributed by atoms with van der Waals surface area (Å²) in [4.78, 5) is 4.13. The summed E-state index contributed by atoms with van der Waals surface area (Å²) in [6.07, 6.45) is 2.49. The van der Waals surface area contributed by atoms with Gasteiger partial charge in [-0.2, -0.15) is 0 Å². The Bertz CT molecular complexity index is 289. The van der Waals surface area contributed by atoms with E-state index < -0.39 is 0 Å². The first kappa shape index (κ1) is 10.5. The largest absolute Gasteiger partial charge is 0.481 e. The molecule has 0 aliphatic heterocycles. The van der Waals surface area contributed by atoms with Crippen molar-refractivity contribution in [3.8, 4) is 5.88 Å². The van der Waals surface area contributed by atoms with Crippen LogP contribution in [0.1, 0.15) is 12.5 Å². The van der Waals surface area contributed by atoms with Crippen molar-refractivity contribution >= 4 is 15.9 Å². The molecular weight excluding hydrogens is 232 g/mol. The molecule has 1 atom stereocenters. The molecule has 1 aromatic rings. The minimum atomic E-state index is 0.116. The Hall–Kier alpha value is -0.610. The number of nitrogens with two attached hydrogens (primary N) is 1. The van der Waals surface area contributed by atoms with E-state index in [4.69, 9.17) is 10.5 Å². The van der Waals surface area contributed by atoms with Gasteiger partial charge in [0, 0.05) is 22.3 Å². The summed E-state index contributed by atoms with van der Waals surface area (Å²) in [5, 5.41) is 0. The van der Waals surface area contributed by atoms with E-state index in [2.05, 4.69) is 20.9 Å². The van der Waals surface area contributed by atoms with Gasteiger partial charge in [0.25, 0.3) is 0 Å². The minimum Gasteiger partial charge on any atom is -0.481 e. The lowest BCUT2D eigenvalue weighted by Crippen LogP contribution is -2.18. The molecule has 0 aliphatic rings. The van der Waals surface area contributed by atoms with Gasteiger partial charge in [-0.3, -0.25) is 0 Å². The van der Waals surface area contributed by atoms with Crippen LogP contribution in [0.2, 0.25) is 0 Å². The molecule has 1 aromatic heterocycles. The van der Waals surface area contributed by atoms with Crippen LogP contribution in [0.3, 0.4) is 0 Å². The molecular formula is C9H13BrN2O. The highest BCUT2D eigenvalue weighted by atomic mass is 79.9. The van der Waals surface area contributed by atoms with E-state index in [1.54, 1.807) is 13.3 Å². The lowest BCUT2D eigenvalue weighted by atomic mass is 10.1. The van der Waals surface area contributed by atoms with Gasteiger partial charge in [0.1, 0.15) is 0 Å². The molecule has 3 nitrogen and oxygen atoms in total. The fourth-order valence-corrected chi connectivity index (χ4v) is 1.52. The van der Waals surface area contributed by atoms with Crippen molar-refractivity contribution in [1.82, 2.24) is 4.98 Å². The van der Waals surface area contributed by atoms with Gasteiger partial charge in [0.15, 0.2) is 0 Å². The fourth-order valence-electron chi connectivity index (χ4n) is 1.15. The van der Waals surface area contributed by atoms with Gasteiger partial charge in [-0.05, 0) is 35.3 Å². The number of aromatic nitrogens is 1. The summed E-state index contributed by atoms with van der Waals surface area (Å²) in [5.41, 5.74) is 6.73. The fraction of sp³-hybridized carbons (Fsp3) is 0.444. The van der Waals surface area contributed by atoms with E-state index in [0.29, 0.717) is 5.88 Å². The topological polar surface area (TPSA) is 48.1 Å². The summed E-state index contributed by atoms with van der Waals surface area (Å²) in [6.45, 7) is 1.96. The predicted molar refractivity (Wildman–Crippen MR) is 55.8 cm³/mol. The molecule has 0 fully saturated rings. The van der Waals surface area contributed by atoms with E-state index >= 15 is 0 Å². The van der Waals surface area contributed by atoms with Crippen LogP contribution in [-0.2, 0) is 6.42 Å². The SMILES string of the molecule is COc1ncc(Br)cc1C[C@H](C)N. The van der Waals surface area contributed by atoms with E-state index in [1.807, 2.05) is 13.0 Å². The van der Waals surface area contributed by atoms with Gasteiger partial charge in [-0.1, -0.05) is 0 Å². The number of methoxy groups -OCH3 is 1. The van der Waals surface area contributed by atoms with Crippen molar-refractivity contribution < 1.29 is 4.74 Å². The lowest BCUT2D eigenvalue weighted by molar-refractivity contribution is 0.391. The predicted octanol–water partition coefficient (Wildman–Crippen LogP) is 1.74. The Labute approximate surface area is 86.4 Å². The molecule has 0 bridgehead atoms. The van der Waals surface area contributed by atoms with Crippen molar-refractivity contribution in [1.29, 1.82) is 0 Å². The van der Waals surface area contributed by atoms with Crippen LogP contribution in [0, 0.1) is 0 Å². The Kier molecular flexibility index (Phi) is 3.69. The summed E-state index contributed by atoms with van der Waals surface area (Å²) >= 11 is 3.36. The van der Waals surface area contributed by atoms with Crippen molar-refractivity contribution in [3.05, 3.63) is 22.3 Å².